The molecule has 0 radical (unpaired) electrons. The van der Waals surface area contributed by atoms with Crippen molar-refractivity contribution in [3.8, 4) is 0 Å². The van der Waals surface area contributed by atoms with Crippen LogP contribution in [-0.4, -0.2) is 21.9 Å². The number of carboxylic acid groups (broad SMARTS) is 1. The Labute approximate surface area is 137 Å². The van der Waals surface area contributed by atoms with Crippen LogP contribution in [0.5, 0.6) is 0 Å². The number of nitrogens with one attached hydrogen (secondary N) is 1. The third-order valence-electron chi connectivity index (χ3n) is 3.17. The van der Waals surface area contributed by atoms with Gasteiger partial charge in [0.25, 0.3) is 5.69 Å². The van der Waals surface area contributed by atoms with E-state index in [0.717, 1.165) is 6.08 Å². The Morgan fingerprint density at radius 2 is 1.83 bits per heavy atom. The van der Waals surface area contributed by atoms with Crippen LogP contribution in [-0.2, 0) is 9.59 Å². The Hall–Kier alpha value is -3.48. The lowest BCUT2D eigenvalue weighted by atomic mass is 10.1. The van der Waals surface area contributed by atoms with E-state index in [0.29, 0.717) is 11.1 Å². The fraction of sp³-hybridized carbons (Fsp3) is 0.0588. The van der Waals surface area contributed by atoms with Crippen molar-refractivity contribution in [2.24, 2.45) is 0 Å². The number of amides is 1. The molecule has 0 unspecified atom stereocenters. The molecule has 0 aliphatic carbocycles. The molecule has 0 spiro atoms. The Bertz CT molecular complexity index is 787. The van der Waals surface area contributed by atoms with E-state index in [1.165, 1.54) is 24.3 Å². The highest BCUT2D eigenvalue weighted by atomic mass is 16.6. The highest BCUT2D eigenvalue weighted by Crippen LogP contribution is 2.15. The topological polar surface area (TPSA) is 110 Å². The third-order valence-corrected chi connectivity index (χ3v) is 3.17. The first kappa shape index (κ1) is 16.9. The summed E-state index contributed by atoms with van der Waals surface area (Å²) in [6.45, 7) is 0. The molecule has 2 N–H and O–H groups in total. The van der Waals surface area contributed by atoms with E-state index < -0.39 is 22.8 Å². The van der Waals surface area contributed by atoms with Crippen LogP contribution in [0.2, 0.25) is 0 Å². The molecular formula is C17H14N2O5. The van der Waals surface area contributed by atoms with E-state index in [2.05, 4.69) is 5.32 Å². The second-order valence-corrected chi connectivity index (χ2v) is 4.88. The van der Waals surface area contributed by atoms with E-state index in [1.807, 2.05) is 0 Å². The summed E-state index contributed by atoms with van der Waals surface area (Å²) in [6, 6.07) is 12.9. The number of nitrogens with zero attached hydrogens (tertiary/aromatic N) is 1. The van der Waals surface area contributed by atoms with Crippen molar-refractivity contribution in [3.63, 3.8) is 0 Å². The molecule has 0 saturated heterocycles. The number of non-ortho nitro benzene ring substituents is 1. The number of hydrogen-bond acceptors (Lipinski definition) is 4. The Morgan fingerprint density at radius 3 is 2.46 bits per heavy atom. The summed E-state index contributed by atoms with van der Waals surface area (Å²) in [4.78, 5) is 33.4. The summed E-state index contributed by atoms with van der Waals surface area (Å²) in [5.74, 6) is -1.80. The number of hydrogen-bond donors (Lipinski definition) is 2. The lowest BCUT2D eigenvalue weighted by Gasteiger charge is -2.13. The zero-order valence-corrected chi connectivity index (χ0v) is 12.5. The lowest BCUT2D eigenvalue weighted by molar-refractivity contribution is -0.384. The molecule has 2 rings (SSSR count). The fourth-order valence-corrected chi connectivity index (χ4v) is 2.04. The van der Waals surface area contributed by atoms with Crippen LogP contribution in [0.25, 0.3) is 6.08 Å². The monoisotopic (exact) mass is 326 g/mol. The zero-order valence-electron chi connectivity index (χ0n) is 12.5. The van der Waals surface area contributed by atoms with Gasteiger partial charge in [-0.3, -0.25) is 14.9 Å². The van der Waals surface area contributed by atoms with Gasteiger partial charge in [0.1, 0.15) is 0 Å². The van der Waals surface area contributed by atoms with Crippen molar-refractivity contribution >= 4 is 23.6 Å². The summed E-state index contributed by atoms with van der Waals surface area (Å²) >= 11 is 0. The van der Waals surface area contributed by atoms with Gasteiger partial charge in [0, 0.05) is 18.2 Å². The van der Waals surface area contributed by atoms with Crippen LogP contribution >= 0.6 is 0 Å². The molecule has 0 aromatic heterocycles. The maximum atomic E-state index is 11.9. The molecule has 2 aromatic rings. The fourth-order valence-electron chi connectivity index (χ4n) is 2.04. The van der Waals surface area contributed by atoms with E-state index >= 15 is 0 Å². The Morgan fingerprint density at radius 1 is 1.12 bits per heavy atom. The largest absolute Gasteiger partial charge is 0.479 e. The number of benzene rings is 2. The van der Waals surface area contributed by atoms with Gasteiger partial charge in [0.05, 0.1) is 4.92 Å². The molecule has 24 heavy (non-hydrogen) atoms. The Balaban J connectivity index is 2.10. The Kier molecular flexibility index (Phi) is 5.40. The van der Waals surface area contributed by atoms with Gasteiger partial charge in [-0.15, -0.1) is 0 Å². The predicted molar refractivity (Wildman–Crippen MR) is 87.1 cm³/mol. The van der Waals surface area contributed by atoms with Gasteiger partial charge < -0.3 is 10.4 Å². The number of nitro benzene ring substituents is 1. The minimum atomic E-state index is -1.18. The molecule has 0 aliphatic heterocycles. The first-order chi connectivity index (χ1) is 11.5. The van der Waals surface area contributed by atoms with Crippen molar-refractivity contribution in [2.75, 3.05) is 0 Å². The smallest absolute Gasteiger partial charge is 0.330 e. The summed E-state index contributed by atoms with van der Waals surface area (Å²) in [5.41, 5.74) is 0.818. The molecule has 0 aliphatic rings. The standard InChI is InChI=1S/C17H14N2O5/c20-15(10-9-12-5-4-8-14(11-12)19(23)24)18-16(17(21)22)13-6-2-1-3-7-13/h1-11,16H,(H,18,20)(H,21,22)/b10-9+/t16-/m0/s1. The number of carboxylic acids is 1. The maximum Gasteiger partial charge on any atom is 0.330 e. The normalized spacial score (nSPS) is 11.8. The molecule has 0 heterocycles. The number of carbonyl (C=O) groups excluding carboxylic acids is 1. The first-order valence-corrected chi connectivity index (χ1v) is 6.98. The van der Waals surface area contributed by atoms with Crippen LogP contribution in [0.1, 0.15) is 17.2 Å². The molecule has 0 fully saturated rings. The highest BCUT2D eigenvalue weighted by molar-refractivity contribution is 5.94. The first-order valence-electron chi connectivity index (χ1n) is 6.98. The average molecular weight is 326 g/mol. The zero-order chi connectivity index (χ0) is 17.5. The summed E-state index contributed by atoms with van der Waals surface area (Å²) in [5, 5.41) is 22.3. The molecule has 7 nitrogen and oxygen atoms in total. The molecular weight excluding hydrogens is 312 g/mol. The molecule has 0 bridgehead atoms. The summed E-state index contributed by atoms with van der Waals surface area (Å²) in [7, 11) is 0. The minimum Gasteiger partial charge on any atom is -0.479 e. The summed E-state index contributed by atoms with van der Waals surface area (Å²) in [6.07, 6.45) is 2.52. The van der Waals surface area contributed by atoms with Crippen molar-refractivity contribution in [2.45, 2.75) is 6.04 Å². The van der Waals surface area contributed by atoms with E-state index in [9.17, 15) is 24.8 Å². The molecule has 1 amide bonds. The van der Waals surface area contributed by atoms with Crippen LogP contribution in [0.3, 0.4) is 0 Å². The van der Waals surface area contributed by atoms with Gasteiger partial charge in [-0.05, 0) is 17.2 Å². The minimum absolute atomic E-state index is 0.0924. The van der Waals surface area contributed by atoms with Crippen LogP contribution in [0.15, 0.2) is 60.7 Å². The number of carbonyl (C=O) groups is 2. The third kappa shape index (κ3) is 4.51. The van der Waals surface area contributed by atoms with Gasteiger partial charge in [-0.2, -0.15) is 0 Å². The van der Waals surface area contributed by atoms with Gasteiger partial charge >= 0.3 is 5.97 Å². The SMILES string of the molecule is O=C(/C=C/c1cccc([N+](=O)[O-])c1)N[C@H](C(=O)O)c1ccccc1. The van der Waals surface area contributed by atoms with E-state index in [1.54, 1.807) is 36.4 Å². The van der Waals surface area contributed by atoms with Crippen molar-refractivity contribution in [3.05, 3.63) is 81.9 Å². The van der Waals surface area contributed by atoms with Crippen LogP contribution in [0.4, 0.5) is 5.69 Å². The molecule has 0 saturated carbocycles. The van der Waals surface area contributed by atoms with E-state index in [4.69, 9.17) is 0 Å². The molecule has 2 aromatic carbocycles. The number of nitro groups is 1. The van der Waals surface area contributed by atoms with Gasteiger partial charge in [0.2, 0.25) is 5.91 Å². The van der Waals surface area contributed by atoms with Gasteiger partial charge in [0.15, 0.2) is 6.04 Å². The second kappa shape index (κ2) is 7.68. The maximum absolute atomic E-state index is 11.9. The van der Waals surface area contributed by atoms with Crippen molar-refractivity contribution in [1.29, 1.82) is 0 Å². The molecule has 1 atom stereocenters. The quantitative estimate of drug-likeness (QED) is 0.481. The van der Waals surface area contributed by atoms with E-state index in [-0.39, 0.29) is 5.69 Å². The van der Waals surface area contributed by atoms with Crippen LogP contribution in [0, 0.1) is 10.1 Å². The lowest BCUT2D eigenvalue weighted by Crippen LogP contribution is -2.32. The van der Waals surface area contributed by atoms with Crippen LogP contribution < -0.4 is 5.32 Å². The number of rotatable bonds is 6. The predicted octanol–water partition coefficient (Wildman–Crippen LogP) is 2.55. The summed E-state index contributed by atoms with van der Waals surface area (Å²) < 4.78 is 0. The van der Waals surface area contributed by atoms with Gasteiger partial charge in [-0.25, -0.2) is 4.79 Å². The molecule has 122 valence electrons. The molecule has 7 heteroatoms. The van der Waals surface area contributed by atoms with Gasteiger partial charge in [-0.1, -0.05) is 42.5 Å². The second-order valence-electron chi connectivity index (χ2n) is 4.88. The average Bonchev–Trinajstić information content (AvgIpc) is 2.58. The van der Waals surface area contributed by atoms with Crippen molar-refractivity contribution in [1.82, 2.24) is 5.32 Å². The number of aliphatic carboxylic acids is 1. The van der Waals surface area contributed by atoms with Crippen molar-refractivity contribution < 1.29 is 19.6 Å². The highest BCUT2D eigenvalue weighted by Gasteiger charge is 2.20.